The van der Waals surface area contributed by atoms with Gasteiger partial charge in [0.25, 0.3) is 0 Å². The number of hydrogen-bond acceptors (Lipinski definition) is 3. The van der Waals surface area contributed by atoms with Crippen LogP contribution in [0.3, 0.4) is 0 Å². The molecule has 0 unspecified atom stereocenters. The van der Waals surface area contributed by atoms with E-state index in [1.807, 2.05) is 25.1 Å². The second-order valence-electron chi connectivity index (χ2n) is 4.95. The molecule has 0 bridgehead atoms. The van der Waals surface area contributed by atoms with Crippen LogP contribution < -0.4 is 0 Å². The van der Waals surface area contributed by atoms with Crippen molar-refractivity contribution in [3.63, 3.8) is 0 Å². The maximum Gasteiger partial charge on any atom is 0.342 e. The molecule has 0 radical (unpaired) electrons. The van der Waals surface area contributed by atoms with Gasteiger partial charge < -0.3 is 9.15 Å². The van der Waals surface area contributed by atoms with Crippen LogP contribution in [0.2, 0.25) is 0 Å². The smallest absolute Gasteiger partial charge is 0.342 e. The summed E-state index contributed by atoms with van der Waals surface area (Å²) in [5, 5.41) is 0.697. The van der Waals surface area contributed by atoms with E-state index in [-0.39, 0.29) is 5.82 Å². The standard InChI is InChI=1S/C18H15FO3/c1-2-11-21-18(20)16-14-5-3-4-6-15(14)22-17(16)12-7-9-13(19)10-8-12/h3-10H,2,11H2,1H3. The lowest BCUT2D eigenvalue weighted by atomic mass is 10.1. The van der Waals surface area contributed by atoms with Crippen molar-refractivity contribution < 1.29 is 18.3 Å². The van der Waals surface area contributed by atoms with Gasteiger partial charge in [0.2, 0.25) is 0 Å². The Morgan fingerprint density at radius 1 is 1.14 bits per heavy atom. The van der Waals surface area contributed by atoms with Gasteiger partial charge in [-0.1, -0.05) is 25.1 Å². The zero-order valence-corrected chi connectivity index (χ0v) is 12.1. The Bertz CT molecular complexity index is 803. The first-order valence-electron chi connectivity index (χ1n) is 7.15. The molecule has 0 amide bonds. The molecular weight excluding hydrogens is 283 g/mol. The molecule has 0 aliphatic rings. The van der Waals surface area contributed by atoms with Gasteiger partial charge in [0.1, 0.15) is 22.7 Å². The molecule has 0 N–H and O–H groups in total. The van der Waals surface area contributed by atoms with E-state index >= 15 is 0 Å². The van der Waals surface area contributed by atoms with Crippen molar-refractivity contribution in [2.45, 2.75) is 13.3 Å². The van der Waals surface area contributed by atoms with Crippen LogP contribution in [0.1, 0.15) is 23.7 Å². The minimum atomic E-state index is -0.425. The molecule has 112 valence electrons. The van der Waals surface area contributed by atoms with Gasteiger partial charge in [-0.05, 0) is 36.8 Å². The lowest BCUT2D eigenvalue weighted by Gasteiger charge is -2.04. The number of halogens is 1. The minimum absolute atomic E-state index is 0.338. The van der Waals surface area contributed by atoms with Crippen molar-refractivity contribution >= 4 is 16.9 Å². The van der Waals surface area contributed by atoms with Crippen LogP contribution in [0.4, 0.5) is 4.39 Å². The second kappa shape index (κ2) is 6.02. The highest BCUT2D eigenvalue weighted by atomic mass is 19.1. The second-order valence-corrected chi connectivity index (χ2v) is 4.95. The Labute approximate surface area is 127 Å². The minimum Gasteiger partial charge on any atom is -0.462 e. The van der Waals surface area contributed by atoms with Crippen molar-refractivity contribution in [1.82, 2.24) is 0 Å². The lowest BCUT2D eigenvalue weighted by molar-refractivity contribution is 0.0507. The van der Waals surface area contributed by atoms with E-state index in [9.17, 15) is 9.18 Å². The molecule has 4 heteroatoms. The fourth-order valence-corrected chi connectivity index (χ4v) is 2.32. The number of benzene rings is 2. The quantitative estimate of drug-likeness (QED) is 0.649. The summed E-state index contributed by atoms with van der Waals surface area (Å²) < 4.78 is 24.2. The van der Waals surface area contributed by atoms with Crippen LogP contribution in [-0.4, -0.2) is 12.6 Å². The molecule has 1 aromatic heterocycles. The van der Waals surface area contributed by atoms with E-state index in [1.165, 1.54) is 12.1 Å². The zero-order valence-electron chi connectivity index (χ0n) is 12.1. The third-order valence-corrected chi connectivity index (χ3v) is 3.34. The molecule has 0 fully saturated rings. The van der Waals surface area contributed by atoms with E-state index in [0.717, 1.165) is 6.42 Å². The van der Waals surface area contributed by atoms with Gasteiger partial charge in [0.05, 0.1) is 6.61 Å². The van der Waals surface area contributed by atoms with Crippen LogP contribution in [-0.2, 0) is 4.74 Å². The summed E-state index contributed by atoms with van der Waals surface area (Å²) in [5.74, 6) is -0.358. The van der Waals surface area contributed by atoms with Crippen molar-refractivity contribution in [3.05, 3.63) is 59.9 Å². The summed E-state index contributed by atoms with van der Waals surface area (Å²) in [6.45, 7) is 2.28. The molecule has 3 aromatic rings. The number of ether oxygens (including phenoxy) is 1. The highest BCUT2D eigenvalue weighted by Crippen LogP contribution is 2.34. The summed E-state index contributed by atoms with van der Waals surface area (Å²) in [6, 6.07) is 13.1. The molecular formula is C18H15FO3. The summed E-state index contributed by atoms with van der Waals surface area (Å²) in [6.07, 6.45) is 0.743. The van der Waals surface area contributed by atoms with Crippen LogP contribution in [0.25, 0.3) is 22.3 Å². The van der Waals surface area contributed by atoms with Gasteiger partial charge in [-0.25, -0.2) is 9.18 Å². The number of para-hydroxylation sites is 1. The molecule has 2 aromatic carbocycles. The van der Waals surface area contributed by atoms with Gasteiger partial charge >= 0.3 is 5.97 Å². The Morgan fingerprint density at radius 3 is 2.59 bits per heavy atom. The van der Waals surface area contributed by atoms with E-state index in [1.54, 1.807) is 18.2 Å². The molecule has 0 spiro atoms. The highest BCUT2D eigenvalue weighted by Gasteiger charge is 2.23. The Morgan fingerprint density at radius 2 is 1.86 bits per heavy atom. The largest absolute Gasteiger partial charge is 0.462 e. The topological polar surface area (TPSA) is 39.4 Å². The first-order chi connectivity index (χ1) is 10.7. The average molecular weight is 298 g/mol. The molecule has 0 aliphatic carbocycles. The summed E-state index contributed by atoms with van der Waals surface area (Å²) in [5.41, 5.74) is 1.63. The summed E-state index contributed by atoms with van der Waals surface area (Å²) >= 11 is 0. The van der Waals surface area contributed by atoms with Crippen molar-refractivity contribution in [2.75, 3.05) is 6.61 Å². The summed E-state index contributed by atoms with van der Waals surface area (Å²) in [4.78, 5) is 12.4. The number of fused-ring (bicyclic) bond motifs is 1. The number of hydrogen-bond donors (Lipinski definition) is 0. The molecule has 0 saturated carbocycles. The predicted molar refractivity (Wildman–Crippen MR) is 82.2 cm³/mol. The Kier molecular flexibility index (Phi) is 3.92. The zero-order chi connectivity index (χ0) is 15.5. The molecule has 1 heterocycles. The third-order valence-electron chi connectivity index (χ3n) is 3.34. The van der Waals surface area contributed by atoms with Crippen LogP contribution >= 0.6 is 0 Å². The van der Waals surface area contributed by atoms with Crippen molar-refractivity contribution in [2.24, 2.45) is 0 Å². The number of furan rings is 1. The maximum absolute atomic E-state index is 13.1. The van der Waals surface area contributed by atoms with Gasteiger partial charge in [0.15, 0.2) is 0 Å². The number of carbonyl (C=O) groups is 1. The van der Waals surface area contributed by atoms with Crippen molar-refractivity contribution in [1.29, 1.82) is 0 Å². The van der Waals surface area contributed by atoms with Gasteiger partial charge in [-0.15, -0.1) is 0 Å². The van der Waals surface area contributed by atoms with Crippen molar-refractivity contribution in [3.8, 4) is 11.3 Å². The predicted octanol–water partition coefficient (Wildman–Crippen LogP) is 4.81. The fraction of sp³-hybridized carbons (Fsp3) is 0.167. The van der Waals surface area contributed by atoms with Crippen LogP contribution in [0, 0.1) is 5.82 Å². The Hall–Kier alpha value is -2.62. The average Bonchev–Trinajstić information content (AvgIpc) is 2.92. The lowest BCUT2D eigenvalue weighted by Crippen LogP contribution is -2.06. The molecule has 22 heavy (non-hydrogen) atoms. The van der Waals surface area contributed by atoms with E-state index in [4.69, 9.17) is 9.15 Å². The van der Waals surface area contributed by atoms with Gasteiger partial charge in [-0.2, -0.15) is 0 Å². The van der Waals surface area contributed by atoms with Crippen LogP contribution in [0.5, 0.6) is 0 Å². The first-order valence-corrected chi connectivity index (χ1v) is 7.15. The Balaban J connectivity index is 2.16. The number of rotatable bonds is 4. The molecule has 3 rings (SSSR count). The SMILES string of the molecule is CCCOC(=O)c1c(-c2ccc(F)cc2)oc2ccccc12. The van der Waals surface area contributed by atoms with E-state index < -0.39 is 5.97 Å². The van der Waals surface area contributed by atoms with E-state index in [2.05, 4.69) is 0 Å². The van der Waals surface area contributed by atoms with Gasteiger partial charge in [0, 0.05) is 10.9 Å². The molecule has 0 atom stereocenters. The van der Waals surface area contributed by atoms with E-state index in [0.29, 0.717) is 34.5 Å². The third kappa shape index (κ3) is 2.60. The number of esters is 1. The number of carbonyl (C=O) groups excluding carboxylic acids is 1. The highest BCUT2D eigenvalue weighted by molar-refractivity contribution is 6.08. The van der Waals surface area contributed by atoms with Crippen LogP contribution in [0.15, 0.2) is 52.9 Å². The first kappa shape index (κ1) is 14.3. The summed E-state index contributed by atoms with van der Waals surface area (Å²) in [7, 11) is 0. The molecule has 3 nitrogen and oxygen atoms in total. The van der Waals surface area contributed by atoms with Gasteiger partial charge in [-0.3, -0.25) is 0 Å². The fourth-order valence-electron chi connectivity index (χ4n) is 2.32. The molecule has 0 saturated heterocycles. The maximum atomic E-state index is 13.1. The monoisotopic (exact) mass is 298 g/mol. The molecule has 0 aliphatic heterocycles. The normalized spacial score (nSPS) is 10.8.